The first-order valence-electron chi connectivity index (χ1n) is 26.2. The summed E-state index contributed by atoms with van der Waals surface area (Å²) in [6, 6.07) is 110. The van der Waals surface area contributed by atoms with E-state index >= 15 is 0 Å². The fraction of sp³-hybridized carbons (Fsp3) is 0.0270. The molecular formula is C74H56N2. The van der Waals surface area contributed by atoms with Crippen molar-refractivity contribution in [3.05, 3.63) is 314 Å². The van der Waals surface area contributed by atoms with E-state index < -0.39 is 0 Å². The first-order chi connectivity index (χ1) is 37.5. The standard InChI is InChI=1S/C74H56N2/c1-53-49-65(45-47-71(53)75(67-31-19-29-63(51-67)57-25-11-5-12-26-57)73-35-17-15-33-69(73)61-41-37-59(38-42-61)55-21-7-3-8-22-55)66-46-48-72(54(2)50-66)76(68-32-20-30-64(52-68)58-27-13-6-14-28-58)74-36-18-16-34-70(74)62-43-39-60(40-44-62)56-23-9-4-10-24-56/h3-52H,1-2H3. The molecule has 0 spiro atoms. The van der Waals surface area contributed by atoms with Crippen molar-refractivity contribution in [3.63, 3.8) is 0 Å². The van der Waals surface area contributed by atoms with Gasteiger partial charge >= 0.3 is 0 Å². The SMILES string of the molecule is Cc1cc(-c2ccc(N(c3cccc(-c4ccccc4)c3)c3ccccc3-c3ccc(-c4ccccc4)cc3)c(C)c2)ccc1N(c1cccc(-c2ccccc2)c1)c1ccccc1-c1ccc(-c2ccccc2)cc1. The minimum absolute atomic E-state index is 1.09. The molecule has 2 heteroatoms. The Balaban J connectivity index is 0.940. The van der Waals surface area contributed by atoms with E-state index in [4.69, 9.17) is 0 Å². The summed E-state index contributed by atoms with van der Waals surface area (Å²) in [6.45, 7) is 4.49. The third-order valence-corrected chi connectivity index (χ3v) is 14.5. The summed E-state index contributed by atoms with van der Waals surface area (Å²) in [7, 11) is 0. The van der Waals surface area contributed by atoms with Crippen LogP contribution >= 0.6 is 0 Å². The average molecular weight is 973 g/mol. The molecule has 0 aliphatic rings. The van der Waals surface area contributed by atoms with E-state index in [1.54, 1.807) is 0 Å². The molecule has 0 radical (unpaired) electrons. The Morgan fingerprint density at radius 2 is 0.447 bits per heavy atom. The second-order valence-electron chi connectivity index (χ2n) is 19.4. The zero-order chi connectivity index (χ0) is 51.2. The molecule has 0 unspecified atom stereocenters. The summed E-state index contributed by atoms with van der Waals surface area (Å²) in [4.78, 5) is 4.88. The number of aryl methyl sites for hydroxylation is 2. The van der Waals surface area contributed by atoms with E-state index in [9.17, 15) is 0 Å². The molecule has 2 nitrogen and oxygen atoms in total. The van der Waals surface area contributed by atoms with Crippen LogP contribution in [0.4, 0.5) is 34.1 Å². The van der Waals surface area contributed by atoms with Gasteiger partial charge in [-0.05, 0) is 152 Å². The van der Waals surface area contributed by atoms with Crippen molar-refractivity contribution in [1.29, 1.82) is 0 Å². The van der Waals surface area contributed by atoms with E-state index in [0.29, 0.717) is 0 Å². The zero-order valence-corrected chi connectivity index (χ0v) is 42.8. The number of anilines is 6. The van der Waals surface area contributed by atoms with Gasteiger partial charge < -0.3 is 9.80 Å². The summed E-state index contributed by atoms with van der Waals surface area (Å²) < 4.78 is 0. The number of rotatable bonds is 13. The first kappa shape index (κ1) is 47.3. The van der Waals surface area contributed by atoms with Gasteiger partial charge in [0.15, 0.2) is 0 Å². The van der Waals surface area contributed by atoms with Crippen LogP contribution in [0.3, 0.4) is 0 Å². The highest BCUT2D eigenvalue weighted by Gasteiger charge is 2.22. The van der Waals surface area contributed by atoms with Crippen LogP contribution in [0.15, 0.2) is 303 Å². The molecule has 0 saturated carbocycles. The fourth-order valence-electron chi connectivity index (χ4n) is 10.7. The van der Waals surface area contributed by atoms with Crippen LogP contribution in [0.5, 0.6) is 0 Å². The van der Waals surface area contributed by atoms with Crippen LogP contribution in [0.25, 0.3) is 77.9 Å². The van der Waals surface area contributed by atoms with E-state index in [1.807, 2.05) is 0 Å². The lowest BCUT2D eigenvalue weighted by molar-refractivity contribution is 1.24. The molecule has 362 valence electrons. The predicted octanol–water partition coefficient (Wildman–Crippen LogP) is 20.9. The monoisotopic (exact) mass is 972 g/mol. The lowest BCUT2D eigenvalue weighted by Crippen LogP contribution is -2.13. The van der Waals surface area contributed by atoms with E-state index in [2.05, 4.69) is 327 Å². The molecule has 12 aromatic carbocycles. The van der Waals surface area contributed by atoms with Crippen LogP contribution in [-0.2, 0) is 0 Å². The summed E-state index contributed by atoms with van der Waals surface area (Å²) in [5.41, 5.74) is 25.5. The minimum atomic E-state index is 1.09. The Morgan fingerprint density at radius 1 is 0.184 bits per heavy atom. The largest absolute Gasteiger partial charge is 0.310 e. The highest BCUT2D eigenvalue weighted by molar-refractivity contribution is 5.93. The molecule has 0 amide bonds. The number of hydrogen-bond acceptors (Lipinski definition) is 2. The molecule has 0 aliphatic heterocycles. The van der Waals surface area contributed by atoms with Gasteiger partial charge in [-0.2, -0.15) is 0 Å². The summed E-state index contributed by atoms with van der Waals surface area (Å²) in [6.07, 6.45) is 0. The van der Waals surface area contributed by atoms with Crippen LogP contribution in [-0.4, -0.2) is 0 Å². The Hall–Kier alpha value is -9.76. The quantitative estimate of drug-likeness (QED) is 0.114. The number of benzene rings is 12. The van der Waals surface area contributed by atoms with Crippen LogP contribution in [0, 0.1) is 13.8 Å². The summed E-state index contributed by atoms with van der Waals surface area (Å²) in [5.74, 6) is 0. The third-order valence-electron chi connectivity index (χ3n) is 14.5. The van der Waals surface area contributed by atoms with E-state index in [1.165, 1.54) is 55.6 Å². The number of hydrogen-bond donors (Lipinski definition) is 0. The molecule has 0 fully saturated rings. The van der Waals surface area contributed by atoms with Crippen molar-refractivity contribution in [1.82, 2.24) is 0 Å². The van der Waals surface area contributed by atoms with Gasteiger partial charge in [0.25, 0.3) is 0 Å². The molecule has 0 N–H and O–H groups in total. The van der Waals surface area contributed by atoms with Crippen molar-refractivity contribution in [2.75, 3.05) is 9.80 Å². The van der Waals surface area contributed by atoms with Crippen molar-refractivity contribution >= 4 is 34.1 Å². The van der Waals surface area contributed by atoms with Crippen molar-refractivity contribution in [2.45, 2.75) is 13.8 Å². The van der Waals surface area contributed by atoms with Gasteiger partial charge in [0.2, 0.25) is 0 Å². The molecule has 0 atom stereocenters. The van der Waals surface area contributed by atoms with Crippen molar-refractivity contribution in [3.8, 4) is 77.9 Å². The number of nitrogens with zero attached hydrogens (tertiary/aromatic N) is 2. The Bertz CT molecular complexity index is 3660. The Kier molecular flexibility index (Phi) is 13.3. The van der Waals surface area contributed by atoms with Crippen LogP contribution in [0.2, 0.25) is 0 Å². The number of para-hydroxylation sites is 2. The molecule has 12 aromatic rings. The maximum Gasteiger partial charge on any atom is 0.0540 e. The van der Waals surface area contributed by atoms with Gasteiger partial charge in [-0.1, -0.05) is 243 Å². The lowest BCUT2D eigenvalue weighted by Gasteiger charge is -2.30. The average Bonchev–Trinajstić information content (AvgIpc) is 3.50. The van der Waals surface area contributed by atoms with Gasteiger partial charge in [0.05, 0.1) is 11.4 Å². The molecular weight excluding hydrogens is 917 g/mol. The summed E-state index contributed by atoms with van der Waals surface area (Å²) >= 11 is 0. The Morgan fingerprint density at radius 3 is 0.803 bits per heavy atom. The molecule has 0 bridgehead atoms. The molecule has 0 aromatic heterocycles. The third kappa shape index (κ3) is 9.76. The minimum Gasteiger partial charge on any atom is -0.310 e. The maximum atomic E-state index is 2.44. The van der Waals surface area contributed by atoms with Crippen molar-refractivity contribution in [2.24, 2.45) is 0 Å². The van der Waals surface area contributed by atoms with Gasteiger partial charge in [-0.25, -0.2) is 0 Å². The van der Waals surface area contributed by atoms with Crippen LogP contribution in [0.1, 0.15) is 11.1 Å². The van der Waals surface area contributed by atoms with Gasteiger partial charge in [0, 0.05) is 33.9 Å². The summed E-state index contributed by atoms with van der Waals surface area (Å²) in [5, 5.41) is 0. The molecule has 12 rings (SSSR count). The van der Waals surface area contributed by atoms with E-state index in [-0.39, 0.29) is 0 Å². The molecule has 0 saturated heterocycles. The predicted molar refractivity (Wildman–Crippen MR) is 323 cm³/mol. The molecule has 76 heavy (non-hydrogen) atoms. The fourth-order valence-corrected chi connectivity index (χ4v) is 10.7. The topological polar surface area (TPSA) is 6.48 Å². The highest BCUT2D eigenvalue weighted by atomic mass is 15.2. The lowest BCUT2D eigenvalue weighted by atomic mass is 9.96. The molecule has 0 aliphatic carbocycles. The smallest absolute Gasteiger partial charge is 0.0540 e. The normalized spacial score (nSPS) is 11.0. The molecule has 0 heterocycles. The first-order valence-corrected chi connectivity index (χ1v) is 26.2. The zero-order valence-electron chi connectivity index (χ0n) is 42.8. The maximum absolute atomic E-state index is 2.44. The van der Waals surface area contributed by atoms with E-state index in [0.717, 1.165) is 67.5 Å². The second-order valence-corrected chi connectivity index (χ2v) is 19.4. The Labute approximate surface area is 447 Å². The van der Waals surface area contributed by atoms with Crippen LogP contribution < -0.4 is 9.80 Å². The van der Waals surface area contributed by atoms with Gasteiger partial charge in [0.1, 0.15) is 0 Å². The van der Waals surface area contributed by atoms with Crippen molar-refractivity contribution < 1.29 is 0 Å². The van der Waals surface area contributed by atoms with Gasteiger partial charge in [-0.15, -0.1) is 0 Å². The van der Waals surface area contributed by atoms with Gasteiger partial charge in [-0.3, -0.25) is 0 Å². The second kappa shape index (κ2) is 21.4. The highest BCUT2D eigenvalue weighted by Crippen LogP contribution is 2.47.